The van der Waals surface area contributed by atoms with Crippen LogP contribution in [0.15, 0.2) is 28.7 Å². The van der Waals surface area contributed by atoms with Crippen molar-refractivity contribution >= 4 is 11.6 Å². The fourth-order valence-electron chi connectivity index (χ4n) is 2.87. The molecule has 1 amide bonds. The maximum Gasteiger partial charge on any atom is 0.244 e. The highest BCUT2D eigenvalue weighted by molar-refractivity contribution is 5.99. The van der Waals surface area contributed by atoms with E-state index in [1.54, 1.807) is 18.2 Å². The molecule has 0 saturated carbocycles. The van der Waals surface area contributed by atoms with Gasteiger partial charge in [0.1, 0.15) is 5.82 Å². The first-order valence-electron chi connectivity index (χ1n) is 8.05. The summed E-state index contributed by atoms with van der Waals surface area (Å²) in [5.74, 6) is 0.752. The summed E-state index contributed by atoms with van der Waals surface area (Å²) in [7, 11) is 1.84. The molecule has 1 fully saturated rings. The number of amides is 1. The Morgan fingerprint density at radius 1 is 1.38 bits per heavy atom. The van der Waals surface area contributed by atoms with Crippen LogP contribution in [0.5, 0.6) is 0 Å². The molecule has 1 saturated heterocycles. The summed E-state index contributed by atoms with van der Waals surface area (Å²) >= 11 is 0. The molecule has 1 aromatic carbocycles. The number of halogens is 1. The van der Waals surface area contributed by atoms with Gasteiger partial charge in [0.05, 0.1) is 18.3 Å². The fraction of sp³-hybridized carbons (Fsp3) is 0.471. The van der Waals surface area contributed by atoms with Crippen molar-refractivity contribution in [1.29, 1.82) is 0 Å². The Morgan fingerprint density at radius 2 is 2.12 bits per heavy atom. The van der Waals surface area contributed by atoms with E-state index < -0.39 is 0 Å². The molecule has 2 aromatic rings. The first-order chi connectivity index (χ1) is 11.5. The lowest BCUT2D eigenvalue weighted by Gasteiger charge is -2.22. The molecular formula is C17H21FN4O2. The van der Waals surface area contributed by atoms with Gasteiger partial charge in [0.2, 0.25) is 17.7 Å². The van der Waals surface area contributed by atoms with Gasteiger partial charge in [0, 0.05) is 12.5 Å². The number of aromatic nitrogens is 2. The minimum atomic E-state index is -0.382. The molecule has 6 nitrogen and oxygen atoms in total. The molecule has 7 heteroatoms. The zero-order chi connectivity index (χ0) is 17.3. The highest BCUT2D eigenvalue weighted by Gasteiger charge is 2.36. The molecule has 3 rings (SSSR count). The van der Waals surface area contributed by atoms with Crippen LogP contribution < -0.4 is 4.90 Å². The minimum absolute atomic E-state index is 0.105. The van der Waals surface area contributed by atoms with Crippen molar-refractivity contribution in [3.8, 4) is 0 Å². The number of nitrogens with zero attached hydrogens (tertiary/aromatic N) is 4. The third-order valence-corrected chi connectivity index (χ3v) is 4.21. The van der Waals surface area contributed by atoms with Crippen LogP contribution >= 0.6 is 0 Å². The standard InChI is InChI=1S/C17H21FN4O2/c1-11(2)16-20-19-15(24-16)10-21(3)14-8-9-22(17(14)23)13-7-5-4-6-12(13)18/h4-7,11,14H,8-10H2,1-3H3/t14-/m1/s1. The third-order valence-electron chi connectivity index (χ3n) is 4.21. The second-order valence-electron chi connectivity index (χ2n) is 6.35. The van der Waals surface area contributed by atoms with Crippen LogP contribution in [-0.2, 0) is 11.3 Å². The van der Waals surface area contributed by atoms with E-state index >= 15 is 0 Å². The number of anilines is 1. The maximum absolute atomic E-state index is 13.9. The van der Waals surface area contributed by atoms with Crippen LogP contribution in [0, 0.1) is 5.82 Å². The number of hydrogen-bond acceptors (Lipinski definition) is 5. The number of para-hydroxylation sites is 1. The second kappa shape index (κ2) is 6.68. The third kappa shape index (κ3) is 3.17. The Balaban J connectivity index is 1.69. The van der Waals surface area contributed by atoms with Crippen LogP contribution in [0.3, 0.4) is 0 Å². The van der Waals surface area contributed by atoms with Gasteiger partial charge in [-0.15, -0.1) is 10.2 Å². The molecular weight excluding hydrogens is 311 g/mol. The lowest BCUT2D eigenvalue weighted by Crippen LogP contribution is -2.39. The first kappa shape index (κ1) is 16.6. The van der Waals surface area contributed by atoms with Crippen LogP contribution in [0.4, 0.5) is 10.1 Å². The monoisotopic (exact) mass is 332 g/mol. The van der Waals surface area contributed by atoms with E-state index in [4.69, 9.17) is 4.42 Å². The van der Waals surface area contributed by atoms with Gasteiger partial charge in [0.15, 0.2) is 0 Å². The molecule has 1 aliphatic heterocycles. The van der Waals surface area contributed by atoms with Gasteiger partial charge in [-0.25, -0.2) is 4.39 Å². The van der Waals surface area contributed by atoms with Gasteiger partial charge in [-0.3, -0.25) is 9.69 Å². The minimum Gasteiger partial charge on any atom is -0.424 e. The lowest BCUT2D eigenvalue weighted by atomic mass is 10.2. The fourth-order valence-corrected chi connectivity index (χ4v) is 2.87. The molecule has 0 spiro atoms. The number of hydrogen-bond donors (Lipinski definition) is 0. The van der Waals surface area contributed by atoms with Crippen molar-refractivity contribution in [2.75, 3.05) is 18.5 Å². The average molecular weight is 332 g/mol. The van der Waals surface area contributed by atoms with E-state index in [9.17, 15) is 9.18 Å². The van der Waals surface area contributed by atoms with Gasteiger partial charge < -0.3 is 9.32 Å². The van der Waals surface area contributed by atoms with Crippen molar-refractivity contribution in [3.63, 3.8) is 0 Å². The van der Waals surface area contributed by atoms with Crippen molar-refractivity contribution < 1.29 is 13.6 Å². The average Bonchev–Trinajstić information content (AvgIpc) is 3.15. The van der Waals surface area contributed by atoms with E-state index in [0.717, 1.165) is 0 Å². The molecule has 2 heterocycles. The predicted octanol–water partition coefficient (Wildman–Crippen LogP) is 2.57. The van der Waals surface area contributed by atoms with Crippen molar-refractivity contribution in [2.24, 2.45) is 0 Å². The summed E-state index contributed by atoms with van der Waals surface area (Å²) in [6.45, 7) is 4.85. The van der Waals surface area contributed by atoms with Crippen LogP contribution in [0.2, 0.25) is 0 Å². The number of carbonyl (C=O) groups is 1. The summed E-state index contributed by atoms with van der Waals surface area (Å²) in [4.78, 5) is 16.0. The second-order valence-corrected chi connectivity index (χ2v) is 6.35. The van der Waals surface area contributed by atoms with Gasteiger partial charge in [-0.05, 0) is 25.6 Å². The maximum atomic E-state index is 13.9. The Labute approximate surface area is 140 Å². The van der Waals surface area contributed by atoms with E-state index in [-0.39, 0.29) is 23.7 Å². The Morgan fingerprint density at radius 3 is 2.79 bits per heavy atom. The summed E-state index contributed by atoms with van der Waals surface area (Å²) in [5, 5.41) is 8.02. The molecule has 24 heavy (non-hydrogen) atoms. The Kier molecular flexibility index (Phi) is 4.62. The van der Waals surface area contributed by atoms with Gasteiger partial charge in [0.25, 0.3) is 0 Å². The number of likely N-dealkylation sites (N-methyl/N-ethyl adjacent to an activating group) is 1. The van der Waals surface area contributed by atoms with Crippen molar-refractivity contribution in [1.82, 2.24) is 15.1 Å². The summed E-state index contributed by atoms with van der Waals surface area (Å²) in [6, 6.07) is 6.02. The van der Waals surface area contributed by atoms with E-state index in [1.165, 1.54) is 11.0 Å². The molecule has 128 valence electrons. The van der Waals surface area contributed by atoms with Crippen LogP contribution in [0.25, 0.3) is 0 Å². The molecule has 1 atom stereocenters. The number of carbonyl (C=O) groups excluding carboxylic acids is 1. The smallest absolute Gasteiger partial charge is 0.244 e. The zero-order valence-electron chi connectivity index (χ0n) is 14.1. The predicted molar refractivity (Wildman–Crippen MR) is 87.0 cm³/mol. The summed E-state index contributed by atoms with van der Waals surface area (Å²) in [5.41, 5.74) is 0.332. The first-order valence-corrected chi connectivity index (χ1v) is 8.05. The van der Waals surface area contributed by atoms with Crippen molar-refractivity contribution in [3.05, 3.63) is 41.9 Å². The quantitative estimate of drug-likeness (QED) is 0.842. The van der Waals surface area contributed by atoms with Gasteiger partial charge >= 0.3 is 0 Å². The zero-order valence-corrected chi connectivity index (χ0v) is 14.1. The van der Waals surface area contributed by atoms with E-state index in [0.29, 0.717) is 37.0 Å². The van der Waals surface area contributed by atoms with Crippen LogP contribution in [0.1, 0.15) is 38.0 Å². The van der Waals surface area contributed by atoms with E-state index in [2.05, 4.69) is 10.2 Å². The van der Waals surface area contributed by atoms with Crippen molar-refractivity contribution in [2.45, 2.75) is 38.8 Å². The molecule has 1 aliphatic rings. The molecule has 0 aliphatic carbocycles. The number of benzene rings is 1. The molecule has 0 radical (unpaired) electrons. The molecule has 0 N–H and O–H groups in total. The highest BCUT2D eigenvalue weighted by Crippen LogP contribution is 2.26. The Bertz CT molecular complexity index is 731. The SMILES string of the molecule is CC(C)c1nnc(CN(C)[C@@H]2CCN(c3ccccc3F)C2=O)o1. The van der Waals surface area contributed by atoms with Gasteiger partial charge in [-0.2, -0.15) is 0 Å². The summed E-state index contributed by atoms with van der Waals surface area (Å²) < 4.78 is 19.5. The molecule has 0 unspecified atom stereocenters. The summed E-state index contributed by atoms with van der Waals surface area (Å²) in [6.07, 6.45) is 0.634. The van der Waals surface area contributed by atoms with Crippen LogP contribution in [-0.4, -0.2) is 40.6 Å². The van der Waals surface area contributed by atoms with E-state index in [1.807, 2.05) is 25.8 Å². The molecule has 0 bridgehead atoms. The molecule has 1 aromatic heterocycles. The lowest BCUT2D eigenvalue weighted by molar-refractivity contribution is -0.121. The Hall–Kier alpha value is -2.28. The largest absolute Gasteiger partial charge is 0.424 e. The normalized spacial score (nSPS) is 18.2. The topological polar surface area (TPSA) is 62.5 Å². The van der Waals surface area contributed by atoms with Gasteiger partial charge in [-0.1, -0.05) is 26.0 Å². The highest BCUT2D eigenvalue weighted by atomic mass is 19.1. The number of rotatable bonds is 5.